The molecule has 3 atom stereocenters. The van der Waals surface area contributed by atoms with Crippen molar-refractivity contribution in [2.45, 2.75) is 23.1 Å². The number of ether oxygens (including phenoxy) is 1. The number of thiazole rings is 1. The van der Waals surface area contributed by atoms with Crippen molar-refractivity contribution in [1.82, 2.24) is 14.9 Å². The van der Waals surface area contributed by atoms with Crippen LogP contribution in [0.5, 0.6) is 0 Å². The Kier molecular flexibility index (Phi) is 5.01. The maximum Gasteiger partial charge on any atom is 0.413 e. The molecule has 2 fully saturated rings. The first kappa shape index (κ1) is 20.9. The molecule has 2 saturated heterocycles. The van der Waals surface area contributed by atoms with Crippen molar-refractivity contribution in [2.75, 3.05) is 11.9 Å². The second-order valence-electron chi connectivity index (χ2n) is 7.06. The molecule has 0 bridgehead atoms. The summed E-state index contributed by atoms with van der Waals surface area (Å²) in [6.45, 7) is 0.391. The van der Waals surface area contributed by atoms with Crippen LogP contribution in [0.4, 0.5) is 9.93 Å². The molecule has 2 aliphatic heterocycles. The number of carbonyl (C=O) groups excluding carboxylic acids is 2. The summed E-state index contributed by atoms with van der Waals surface area (Å²) in [6, 6.07) is 3.20. The Morgan fingerprint density at radius 2 is 2.13 bits per heavy atom. The molecule has 2 aromatic heterocycles. The molecule has 162 valence electrons. The van der Waals surface area contributed by atoms with Gasteiger partial charge in [0.05, 0.1) is 11.3 Å². The SMILES string of the molecule is CC1(COC(=O)Nc2nccs2)[C@H](C(=O)O)N2C(=O)/C(=C/c3ccccn3)[C@H]2S1(=O)=O. The first-order chi connectivity index (χ1) is 14.7. The molecule has 2 aromatic rings. The minimum absolute atomic E-state index is 0.0825. The van der Waals surface area contributed by atoms with Gasteiger partial charge in [-0.1, -0.05) is 6.07 Å². The maximum atomic E-state index is 13.3. The van der Waals surface area contributed by atoms with Crippen LogP contribution < -0.4 is 5.32 Å². The normalized spacial score (nSPS) is 27.5. The van der Waals surface area contributed by atoms with Crippen LogP contribution in [0.2, 0.25) is 0 Å². The zero-order valence-corrected chi connectivity index (χ0v) is 17.6. The molecule has 2 aliphatic rings. The van der Waals surface area contributed by atoms with Crippen molar-refractivity contribution in [3.63, 3.8) is 0 Å². The van der Waals surface area contributed by atoms with Gasteiger partial charge in [0, 0.05) is 17.8 Å². The molecule has 2 N–H and O–H groups in total. The number of hydrogen-bond acceptors (Lipinski definition) is 9. The molecule has 0 spiro atoms. The summed E-state index contributed by atoms with van der Waals surface area (Å²) in [5.74, 6) is -2.23. The first-order valence-corrected chi connectivity index (χ1v) is 11.3. The number of fused-ring (bicyclic) bond motifs is 1. The second-order valence-corrected chi connectivity index (χ2v) is 10.4. The second kappa shape index (κ2) is 7.42. The third-order valence-electron chi connectivity index (χ3n) is 5.16. The van der Waals surface area contributed by atoms with E-state index in [2.05, 4.69) is 15.3 Å². The first-order valence-electron chi connectivity index (χ1n) is 8.91. The zero-order valence-electron chi connectivity index (χ0n) is 16.0. The van der Waals surface area contributed by atoms with Gasteiger partial charge in [0.25, 0.3) is 5.91 Å². The fourth-order valence-electron chi connectivity index (χ4n) is 3.63. The van der Waals surface area contributed by atoms with Crippen molar-refractivity contribution in [3.8, 4) is 0 Å². The van der Waals surface area contributed by atoms with E-state index in [1.54, 1.807) is 23.6 Å². The topological polar surface area (TPSA) is 156 Å². The van der Waals surface area contributed by atoms with Crippen LogP contribution in [0.25, 0.3) is 6.08 Å². The number of carboxylic acid groups (broad SMARTS) is 1. The average molecular weight is 464 g/mol. The molecule has 0 aromatic carbocycles. The molecule has 13 heteroatoms. The van der Waals surface area contributed by atoms with Gasteiger partial charge in [-0.2, -0.15) is 0 Å². The number of sulfone groups is 1. The number of nitrogens with one attached hydrogen (secondary N) is 1. The van der Waals surface area contributed by atoms with Crippen molar-refractivity contribution in [1.29, 1.82) is 0 Å². The van der Waals surface area contributed by atoms with E-state index in [-0.39, 0.29) is 10.7 Å². The third kappa shape index (κ3) is 3.25. The third-order valence-corrected chi connectivity index (χ3v) is 8.56. The number of anilines is 1. The molecule has 1 unspecified atom stereocenters. The summed E-state index contributed by atoms with van der Waals surface area (Å²) >= 11 is 1.12. The van der Waals surface area contributed by atoms with Crippen molar-refractivity contribution >= 4 is 50.4 Å². The lowest BCUT2D eigenvalue weighted by molar-refractivity contribution is -0.153. The number of aromatic nitrogens is 2. The Morgan fingerprint density at radius 1 is 1.35 bits per heavy atom. The van der Waals surface area contributed by atoms with E-state index >= 15 is 0 Å². The van der Waals surface area contributed by atoms with Crippen LogP contribution in [0, 0.1) is 0 Å². The maximum absolute atomic E-state index is 13.3. The molecule has 0 saturated carbocycles. The minimum atomic E-state index is -4.27. The van der Waals surface area contributed by atoms with E-state index in [1.165, 1.54) is 18.5 Å². The summed E-state index contributed by atoms with van der Waals surface area (Å²) in [6.07, 6.45) is 3.27. The van der Waals surface area contributed by atoms with E-state index in [4.69, 9.17) is 4.74 Å². The van der Waals surface area contributed by atoms with Gasteiger partial charge in [-0.25, -0.2) is 23.0 Å². The van der Waals surface area contributed by atoms with Crippen LogP contribution in [-0.4, -0.2) is 69.1 Å². The summed E-state index contributed by atoms with van der Waals surface area (Å²) in [7, 11) is -4.27. The number of carbonyl (C=O) groups is 3. The van der Waals surface area contributed by atoms with Gasteiger partial charge in [-0.05, 0) is 25.1 Å². The van der Waals surface area contributed by atoms with E-state index in [9.17, 15) is 27.9 Å². The Hall–Kier alpha value is -3.32. The van der Waals surface area contributed by atoms with Gasteiger partial charge in [-0.3, -0.25) is 15.1 Å². The van der Waals surface area contributed by atoms with Gasteiger partial charge < -0.3 is 14.7 Å². The smallest absolute Gasteiger partial charge is 0.413 e. The van der Waals surface area contributed by atoms with E-state index in [0.29, 0.717) is 5.69 Å². The number of pyridine rings is 1. The Bertz CT molecular complexity index is 1180. The minimum Gasteiger partial charge on any atom is -0.480 e. The van der Waals surface area contributed by atoms with Gasteiger partial charge in [0.15, 0.2) is 26.4 Å². The van der Waals surface area contributed by atoms with Crippen molar-refractivity contribution < 1.29 is 32.6 Å². The highest BCUT2D eigenvalue weighted by atomic mass is 32.2. The molecule has 4 heterocycles. The molecular weight excluding hydrogens is 448 g/mol. The molecule has 2 amide bonds. The van der Waals surface area contributed by atoms with Crippen molar-refractivity contribution in [3.05, 3.63) is 47.2 Å². The van der Waals surface area contributed by atoms with Crippen LogP contribution in [0.15, 0.2) is 41.5 Å². The average Bonchev–Trinajstić information content (AvgIpc) is 3.28. The summed E-state index contributed by atoms with van der Waals surface area (Å²) < 4.78 is 29.6. The quantitative estimate of drug-likeness (QED) is 0.486. The van der Waals surface area contributed by atoms with Crippen LogP contribution in [0.1, 0.15) is 12.6 Å². The van der Waals surface area contributed by atoms with E-state index < -0.39 is 50.6 Å². The predicted molar refractivity (Wildman–Crippen MR) is 109 cm³/mol. The number of aliphatic carboxylic acids is 1. The molecular formula is C18H16N4O7S2. The van der Waals surface area contributed by atoms with Crippen LogP contribution in [-0.2, 0) is 24.2 Å². The van der Waals surface area contributed by atoms with Crippen LogP contribution in [0.3, 0.4) is 0 Å². The van der Waals surface area contributed by atoms with E-state index in [0.717, 1.165) is 23.2 Å². The fourth-order valence-corrected chi connectivity index (χ4v) is 6.42. The van der Waals surface area contributed by atoms with Crippen LogP contribution >= 0.6 is 11.3 Å². The predicted octanol–water partition coefficient (Wildman–Crippen LogP) is 0.979. The molecule has 11 nitrogen and oxygen atoms in total. The van der Waals surface area contributed by atoms with E-state index in [1.807, 2.05) is 0 Å². The lowest BCUT2D eigenvalue weighted by Crippen LogP contribution is -2.59. The number of carboxylic acids is 1. The van der Waals surface area contributed by atoms with Gasteiger partial charge in [0.2, 0.25) is 0 Å². The Labute approximate surface area is 180 Å². The summed E-state index contributed by atoms with van der Waals surface area (Å²) in [5, 5.41) is 12.4. The van der Waals surface area contributed by atoms with Crippen molar-refractivity contribution in [2.24, 2.45) is 0 Å². The lowest BCUT2D eigenvalue weighted by Gasteiger charge is -2.37. The number of β-lactam (4-membered cyclic amide) rings is 1. The summed E-state index contributed by atoms with van der Waals surface area (Å²) in [4.78, 5) is 45.3. The number of nitrogens with zero attached hydrogens (tertiary/aromatic N) is 3. The molecule has 31 heavy (non-hydrogen) atoms. The highest BCUT2D eigenvalue weighted by Crippen LogP contribution is 2.49. The van der Waals surface area contributed by atoms with Gasteiger partial charge in [0.1, 0.15) is 11.4 Å². The summed E-state index contributed by atoms with van der Waals surface area (Å²) in [5.41, 5.74) is 0.279. The Morgan fingerprint density at radius 3 is 2.74 bits per heavy atom. The lowest BCUT2D eigenvalue weighted by atomic mass is 9.94. The number of rotatable bonds is 5. The fraction of sp³-hybridized carbons (Fsp3) is 0.278. The number of amides is 2. The molecule has 0 radical (unpaired) electrons. The van der Waals surface area contributed by atoms with Gasteiger partial charge >= 0.3 is 12.1 Å². The highest BCUT2D eigenvalue weighted by molar-refractivity contribution is 7.94. The Balaban J connectivity index is 1.63. The standard InChI is InChI=1S/C18H16N4O7S2/c1-18(9-29-17(26)21-16-20-6-7-30-16)12(15(24)25)22-13(23)11(14(22)31(18,27)28)8-10-4-2-3-5-19-10/h2-8,12,14H,9H2,1H3,(H,24,25)(H,20,21,26)/b11-8-/t12-,14+,18?/m0/s1. The zero-order chi connectivity index (χ0) is 22.4. The molecule has 0 aliphatic carbocycles. The number of hydrogen-bond donors (Lipinski definition) is 2. The molecule has 4 rings (SSSR count). The monoisotopic (exact) mass is 464 g/mol. The largest absolute Gasteiger partial charge is 0.480 e. The highest BCUT2D eigenvalue weighted by Gasteiger charge is 2.72. The van der Waals surface area contributed by atoms with Gasteiger partial charge in [-0.15, -0.1) is 11.3 Å².